The van der Waals surface area contributed by atoms with Crippen LogP contribution >= 0.6 is 0 Å². The van der Waals surface area contributed by atoms with Gasteiger partial charge in [-0.2, -0.15) is 0 Å². The Bertz CT molecular complexity index is 501. The Morgan fingerprint density at radius 3 is 2.61 bits per heavy atom. The second-order valence-electron chi connectivity index (χ2n) is 6.96. The van der Waals surface area contributed by atoms with Gasteiger partial charge in [-0.05, 0) is 27.7 Å². The molecule has 1 fully saturated rings. The third kappa shape index (κ3) is 5.84. The lowest BCUT2D eigenvalue weighted by Crippen LogP contribution is -2.51. The fourth-order valence-corrected chi connectivity index (χ4v) is 2.49. The van der Waals surface area contributed by atoms with Crippen LogP contribution in [0.2, 0.25) is 0 Å². The molecule has 1 aliphatic rings. The summed E-state index contributed by atoms with van der Waals surface area (Å²) < 4.78 is 5.41. The second-order valence-corrected chi connectivity index (χ2v) is 6.96. The molecular formula is C16H29N5O2. The number of carbonyl (C=O) groups is 1. The molecule has 7 nitrogen and oxygen atoms in total. The molecule has 2 N–H and O–H groups in total. The molecule has 1 aromatic heterocycles. The van der Waals surface area contributed by atoms with Crippen LogP contribution in [0.5, 0.6) is 0 Å². The molecule has 0 aliphatic carbocycles. The topological polar surface area (TPSA) is 73.5 Å². The van der Waals surface area contributed by atoms with Crippen LogP contribution < -0.4 is 5.32 Å². The minimum atomic E-state index is -0.428. The summed E-state index contributed by atoms with van der Waals surface area (Å²) in [6, 6.07) is 0. The van der Waals surface area contributed by atoms with Crippen LogP contribution in [-0.4, -0.2) is 70.7 Å². The van der Waals surface area contributed by atoms with E-state index in [1.807, 2.05) is 27.7 Å². The van der Waals surface area contributed by atoms with E-state index in [0.717, 1.165) is 57.2 Å². The summed E-state index contributed by atoms with van der Waals surface area (Å²) in [5.41, 5.74) is 1.76. The van der Waals surface area contributed by atoms with Gasteiger partial charge in [0.15, 0.2) is 0 Å². The second kappa shape index (κ2) is 7.79. The third-order valence-corrected chi connectivity index (χ3v) is 3.86. The smallest absolute Gasteiger partial charge is 0.410 e. The molecule has 23 heavy (non-hydrogen) atoms. The first-order valence-corrected chi connectivity index (χ1v) is 8.25. The van der Waals surface area contributed by atoms with E-state index < -0.39 is 5.60 Å². The van der Waals surface area contributed by atoms with Gasteiger partial charge in [0, 0.05) is 51.5 Å². The molecule has 1 aliphatic heterocycles. The van der Waals surface area contributed by atoms with Gasteiger partial charge in [0.1, 0.15) is 5.60 Å². The maximum absolute atomic E-state index is 12.0. The van der Waals surface area contributed by atoms with Crippen LogP contribution in [0.25, 0.3) is 0 Å². The predicted molar refractivity (Wildman–Crippen MR) is 89.3 cm³/mol. The van der Waals surface area contributed by atoms with Crippen LogP contribution in [0, 0.1) is 6.92 Å². The highest BCUT2D eigenvalue weighted by Crippen LogP contribution is 2.11. The number of hydrogen-bond donors (Lipinski definition) is 2. The van der Waals surface area contributed by atoms with Crippen molar-refractivity contribution in [3.8, 4) is 0 Å². The highest BCUT2D eigenvalue weighted by molar-refractivity contribution is 5.68. The van der Waals surface area contributed by atoms with Crippen LogP contribution in [0.4, 0.5) is 4.79 Å². The lowest BCUT2D eigenvalue weighted by atomic mass is 10.2. The van der Waals surface area contributed by atoms with Gasteiger partial charge in [-0.3, -0.25) is 4.90 Å². The Balaban J connectivity index is 1.61. The first-order chi connectivity index (χ1) is 10.8. The lowest BCUT2D eigenvalue weighted by Gasteiger charge is -2.35. The summed E-state index contributed by atoms with van der Waals surface area (Å²) in [5.74, 6) is 0. The molecule has 0 aromatic carbocycles. The zero-order chi connectivity index (χ0) is 16.9. The van der Waals surface area contributed by atoms with Gasteiger partial charge < -0.3 is 19.9 Å². The molecule has 0 bridgehead atoms. The number of imidazole rings is 1. The molecule has 7 heteroatoms. The minimum absolute atomic E-state index is 0.204. The summed E-state index contributed by atoms with van der Waals surface area (Å²) in [5, 5.41) is 3.41. The van der Waals surface area contributed by atoms with Gasteiger partial charge in [0.25, 0.3) is 0 Å². The average Bonchev–Trinajstić information content (AvgIpc) is 2.88. The number of aryl methyl sites for hydroxylation is 1. The maximum Gasteiger partial charge on any atom is 0.410 e. The number of carbonyl (C=O) groups excluding carboxylic acids is 1. The van der Waals surface area contributed by atoms with E-state index in [2.05, 4.69) is 20.2 Å². The predicted octanol–water partition coefficient (Wildman–Crippen LogP) is 1.36. The van der Waals surface area contributed by atoms with Crippen molar-refractivity contribution < 1.29 is 9.53 Å². The maximum atomic E-state index is 12.0. The molecule has 1 aromatic rings. The highest BCUT2D eigenvalue weighted by Gasteiger charge is 2.25. The number of hydrogen-bond acceptors (Lipinski definition) is 5. The fraction of sp³-hybridized carbons (Fsp3) is 0.750. The van der Waals surface area contributed by atoms with E-state index in [1.165, 1.54) is 0 Å². The Labute approximate surface area is 138 Å². The van der Waals surface area contributed by atoms with Gasteiger partial charge in [0.2, 0.25) is 0 Å². The van der Waals surface area contributed by atoms with E-state index in [-0.39, 0.29) is 6.09 Å². The van der Waals surface area contributed by atoms with Crippen molar-refractivity contribution in [2.75, 3.05) is 39.3 Å². The van der Waals surface area contributed by atoms with Crippen molar-refractivity contribution >= 4 is 6.09 Å². The van der Waals surface area contributed by atoms with Crippen molar-refractivity contribution in [2.24, 2.45) is 0 Å². The Morgan fingerprint density at radius 1 is 1.35 bits per heavy atom. The first-order valence-electron chi connectivity index (χ1n) is 8.25. The lowest BCUT2D eigenvalue weighted by molar-refractivity contribution is 0.0146. The molecule has 130 valence electrons. The van der Waals surface area contributed by atoms with E-state index in [9.17, 15) is 4.79 Å². The largest absolute Gasteiger partial charge is 0.444 e. The summed E-state index contributed by atoms with van der Waals surface area (Å²) in [7, 11) is 0. The van der Waals surface area contributed by atoms with Crippen LogP contribution in [0.15, 0.2) is 6.33 Å². The number of amides is 1. The zero-order valence-electron chi connectivity index (χ0n) is 14.7. The standard InChI is InChI=1S/C16H29N5O2/c1-13-14(19-12-18-13)11-17-5-6-20-7-9-21(10-8-20)15(22)23-16(2,3)4/h12,17H,5-11H2,1-4H3,(H,18,19). The van der Waals surface area contributed by atoms with Crippen LogP contribution in [0.1, 0.15) is 32.2 Å². The van der Waals surface area contributed by atoms with E-state index in [4.69, 9.17) is 4.74 Å². The summed E-state index contributed by atoms with van der Waals surface area (Å²) in [6.07, 6.45) is 1.52. The average molecular weight is 323 g/mol. The molecule has 1 amide bonds. The highest BCUT2D eigenvalue weighted by atomic mass is 16.6. The van der Waals surface area contributed by atoms with Gasteiger partial charge >= 0.3 is 6.09 Å². The number of H-pyrrole nitrogens is 1. The normalized spacial score (nSPS) is 16.6. The number of rotatable bonds is 5. The molecule has 2 rings (SSSR count). The summed E-state index contributed by atoms with van der Waals surface area (Å²) >= 11 is 0. The van der Waals surface area contributed by atoms with Crippen molar-refractivity contribution in [3.05, 3.63) is 17.7 Å². The van der Waals surface area contributed by atoms with Crippen LogP contribution in [-0.2, 0) is 11.3 Å². The molecular weight excluding hydrogens is 294 g/mol. The number of nitrogens with zero attached hydrogens (tertiary/aromatic N) is 3. The van der Waals surface area contributed by atoms with Gasteiger partial charge in [0.05, 0.1) is 12.0 Å². The third-order valence-electron chi connectivity index (χ3n) is 3.86. The number of ether oxygens (including phenoxy) is 1. The van der Waals surface area contributed by atoms with E-state index in [1.54, 1.807) is 11.2 Å². The molecule has 1 saturated heterocycles. The fourth-order valence-electron chi connectivity index (χ4n) is 2.49. The molecule has 2 heterocycles. The van der Waals surface area contributed by atoms with Gasteiger partial charge in [-0.1, -0.05) is 0 Å². The number of aromatic nitrogens is 2. The summed E-state index contributed by atoms with van der Waals surface area (Å²) in [4.78, 5) is 23.5. The molecule has 0 atom stereocenters. The van der Waals surface area contributed by atoms with Gasteiger partial charge in [-0.15, -0.1) is 0 Å². The van der Waals surface area contributed by atoms with Crippen LogP contribution in [0.3, 0.4) is 0 Å². The SMILES string of the molecule is Cc1[nH]cnc1CNCCN1CCN(C(=O)OC(C)(C)C)CC1. The van der Waals surface area contributed by atoms with E-state index >= 15 is 0 Å². The van der Waals surface area contributed by atoms with Crippen molar-refractivity contribution in [1.82, 2.24) is 25.1 Å². The van der Waals surface area contributed by atoms with Crippen molar-refractivity contribution in [3.63, 3.8) is 0 Å². The monoisotopic (exact) mass is 323 g/mol. The quantitative estimate of drug-likeness (QED) is 0.801. The van der Waals surface area contributed by atoms with Crippen molar-refractivity contribution in [1.29, 1.82) is 0 Å². The first kappa shape index (κ1) is 17.7. The molecule has 0 unspecified atom stereocenters. The zero-order valence-corrected chi connectivity index (χ0v) is 14.7. The summed E-state index contributed by atoms with van der Waals surface area (Å²) in [6.45, 7) is 13.6. The van der Waals surface area contributed by atoms with Gasteiger partial charge in [-0.25, -0.2) is 9.78 Å². The number of nitrogens with one attached hydrogen (secondary N) is 2. The Morgan fingerprint density at radius 2 is 2.04 bits per heavy atom. The number of piperazine rings is 1. The molecule has 0 spiro atoms. The molecule has 0 saturated carbocycles. The minimum Gasteiger partial charge on any atom is -0.444 e. The Hall–Kier alpha value is -1.60. The molecule has 0 radical (unpaired) electrons. The van der Waals surface area contributed by atoms with E-state index in [0.29, 0.717) is 0 Å². The van der Waals surface area contributed by atoms with Crippen molar-refractivity contribution in [2.45, 2.75) is 39.8 Å². The Kier molecular flexibility index (Phi) is 6.01. The number of aromatic amines is 1.